The monoisotopic (exact) mass is 219 g/mol. The van der Waals surface area contributed by atoms with E-state index in [9.17, 15) is 0 Å². The molecule has 16 heavy (non-hydrogen) atoms. The van der Waals surface area contributed by atoms with Crippen LogP contribution in [-0.4, -0.2) is 31.9 Å². The summed E-state index contributed by atoms with van der Waals surface area (Å²) in [5.74, 6) is 1.40. The van der Waals surface area contributed by atoms with Crippen LogP contribution in [0.25, 0.3) is 0 Å². The van der Waals surface area contributed by atoms with Crippen molar-refractivity contribution in [3.63, 3.8) is 0 Å². The average Bonchev–Trinajstić information content (AvgIpc) is 3.00. The molecule has 3 nitrogen and oxygen atoms in total. The molecule has 0 aliphatic carbocycles. The Kier molecular flexibility index (Phi) is 2.37. The molecule has 1 N–H and O–H groups in total. The Hall–Kier alpha value is -1.06. The van der Waals surface area contributed by atoms with E-state index in [1.807, 2.05) is 12.1 Å². The lowest BCUT2D eigenvalue weighted by Gasteiger charge is -2.21. The Bertz CT molecular complexity index is 376. The molecule has 0 spiro atoms. The highest BCUT2D eigenvalue weighted by Crippen LogP contribution is 2.37. The third-order valence-corrected chi connectivity index (χ3v) is 3.71. The van der Waals surface area contributed by atoms with E-state index in [1.165, 1.54) is 5.56 Å². The van der Waals surface area contributed by atoms with E-state index in [-0.39, 0.29) is 0 Å². The molecule has 3 heteroatoms. The Balaban J connectivity index is 1.75. The van der Waals surface area contributed by atoms with Gasteiger partial charge in [-0.05, 0) is 23.6 Å². The van der Waals surface area contributed by atoms with Gasteiger partial charge in [0.25, 0.3) is 0 Å². The van der Waals surface area contributed by atoms with E-state index in [1.54, 1.807) is 7.11 Å². The van der Waals surface area contributed by atoms with Gasteiger partial charge in [0.2, 0.25) is 0 Å². The Labute approximate surface area is 95.8 Å². The maximum Gasteiger partial charge on any atom is 0.118 e. The number of morpholine rings is 1. The van der Waals surface area contributed by atoms with Crippen LogP contribution in [0.2, 0.25) is 0 Å². The SMILES string of the molecule is COc1ccc([C@H](C)[C@@H]2NC[C@@H]3O[C@@H]23)cc1. The lowest BCUT2D eigenvalue weighted by Crippen LogP contribution is -2.33. The maximum absolute atomic E-state index is 5.57. The summed E-state index contributed by atoms with van der Waals surface area (Å²) in [6.07, 6.45) is 0.919. The van der Waals surface area contributed by atoms with Crippen molar-refractivity contribution in [3.8, 4) is 5.75 Å². The highest BCUT2D eigenvalue weighted by Gasteiger charge is 2.51. The summed E-state index contributed by atoms with van der Waals surface area (Å²) in [5, 5.41) is 3.53. The average molecular weight is 219 g/mol. The fourth-order valence-electron chi connectivity index (χ4n) is 2.58. The molecule has 2 fully saturated rings. The second-order valence-corrected chi connectivity index (χ2v) is 4.64. The zero-order chi connectivity index (χ0) is 11.1. The van der Waals surface area contributed by atoms with Gasteiger partial charge in [-0.2, -0.15) is 0 Å². The van der Waals surface area contributed by atoms with E-state index >= 15 is 0 Å². The number of hydrogen-bond donors (Lipinski definition) is 1. The van der Waals surface area contributed by atoms with Crippen molar-refractivity contribution >= 4 is 0 Å². The topological polar surface area (TPSA) is 33.8 Å². The number of rotatable bonds is 3. The second-order valence-electron chi connectivity index (χ2n) is 4.64. The van der Waals surface area contributed by atoms with Crippen molar-refractivity contribution in [2.75, 3.05) is 13.7 Å². The lowest BCUT2D eigenvalue weighted by atomic mass is 9.92. The first kappa shape index (κ1) is 10.1. The predicted molar refractivity (Wildman–Crippen MR) is 61.9 cm³/mol. The molecule has 2 aliphatic heterocycles. The number of nitrogens with one attached hydrogen (secondary N) is 1. The van der Waals surface area contributed by atoms with E-state index in [0.717, 1.165) is 12.3 Å². The molecule has 2 aliphatic rings. The Morgan fingerprint density at radius 2 is 2.12 bits per heavy atom. The van der Waals surface area contributed by atoms with E-state index in [0.29, 0.717) is 24.2 Å². The van der Waals surface area contributed by atoms with Crippen LogP contribution in [0, 0.1) is 0 Å². The van der Waals surface area contributed by atoms with Crippen LogP contribution in [0.1, 0.15) is 18.4 Å². The third kappa shape index (κ3) is 1.60. The largest absolute Gasteiger partial charge is 0.497 e. The normalized spacial score (nSPS) is 33.2. The smallest absolute Gasteiger partial charge is 0.118 e. The number of benzene rings is 1. The summed E-state index contributed by atoms with van der Waals surface area (Å²) in [5.41, 5.74) is 1.34. The van der Waals surface area contributed by atoms with Crippen LogP contribution < -0.4 is 10.1 Å². The molecule has 1 aromatic rings. The summed E-state index contributed by atoms with van der Waals surface area (Å²) in [6, 6.07) is 8.79. The maximum atomic E-state index is 5.57. The van der Waals surface area contributed by atoms with Gasteiger partial charge in [-0.15, -0.1) is 0 Å². The van der Waals surface area contributed by atoms with Crippen molar-refractivity contribution in [1.82, 2.24) is 5.32 Å². The molecule has 2 saturated heterocycles. The van der Waals surface area contributed by atoms with Gasteiger partial charge < -0.3 is 14.8 Å². The van der Waals surface area contributed by atoms with Crippen molar-refractivity contribution in [2.24, 2.45) is 0 Å². The zero-order valence-corrected chi connectivity index (χ0v) is 9.64. The standard InChI is InChI=1S/C13H17NO2/c1-8(12-13-11(16-13)7-14-12)9-3-5-10(15-2)6-4-9/h3-6,8,11-14H,7H2,1-2H3/t8-,11-,12-,13+/m0/s1. The molecule has 3 rings (SSSR count). The van der Waals surface area contributed by atoms with Gasteiger partial charge in [0.05, 0.1) is 13.2 Å². The minimum Gasteiger partial charge on any atom is -0.497 e. The van der Waals surface area contributed by atoms with Crippen LogP contribution in [0.15, 0.2) is 24.3 Å². The molecule has 0 bridgehead atoms. The van der Waals surface area contributed by atoms with E-state index < -0.39 is 0 Å². The van der Waals surface area contributed by atoms with Crippen LogP contribution in [-0.2, 0) is 4.74 Å². The van der Waals surface area contributed by atoms with E-state index in [4.69, 9.17) is 9.47 Å². The Morgan fingerprint density at radius 1 is 1.38 bits per heavy atom. The summed E-state index contributed by atoms with van der Waals surface area (Å²) >= 11 is 0. The van der Waals surface area contributed by atoms with Crippen molar-refractivity contribution < 1.29 is 9.47 Å². The van der Waals surface area contributed by atoms with Crippen molar-refractivity contribution in [2.45, 2.75) is 31.1 Å². The zero-order valence-electron chi connectivity index (χ0n) is 9.64. The molecule has 0 amide bonds. The fraction of sp³-hybridized carbons (Fsp3) is 0.538. The first-order valence-electron chi connectivity index (χ1n) is 5.82. The molecular weight excluding hydrogens is 202 g/mol. The quantitative estimate of drug-likeness (QED) is 0.783. The van der Waals surface area contributed by atoms with Crippen LogP contribution in [0.5, 0.6) is 5.75 Å². The van der Waals surface area contributed by atoms with Crippen LogP contribution >= 0.6 is 0 Å². The molecule has 0 unspecified atom stereocenters. The van der Waals surface area contributed by atoms with Gasteiger partial charge in [0, 0.05) is 12.6 Å². The van der Waals surface area contributed by atoms with Gasteiger partial charge in [-0.25, -0.2) is 0 Å². The molecule has 2 heterocycles. The molecule has 4 atom stereocenters. The fourth-order valence-corrected chi connectivity index (χ4v) is 2.58. The van der Waals surface area contributed by atoms with Gasteiger partial charge in [0.15, 0.2) is 0 Å². The van der Waals surface area contributed by atoms with Crippen molar-refractivity contribution in [3.05, 3.63) is 29.8 Å². The Morgan fingerprint density at radius 3 is 2.62 bits per heavy atom. The third-order valence-electron chi connectivity index (χ3n) is 3.71. The molecule has 0 aromatic heterocycles. The van der Waals surface area contributed by atoms with Crippen LogP contribution in [0.4, 0.5) is 0 Å². The van der Waals surface area contributed by atoms with Gasteiger partial charge in [-0.1, -0.05) is 19.1 Å². The predicted octanol–water partition coefficient (Wildman–Crippen LogP) is 1.54. The second kappa shape index (κ2) is 3.75. The van der Waals surface area contributed by atoms with E-state index in [2.05, 4.69) is 24.4 Å². The minimum absolute atomic E-state index is 0.442. The first-order valence-corrected chi connectivity index (χ1v) is 5.82. The highest BCUT2D eigenvalue weighted by molar-refractivity contribution is 5.31. The van der Waals surface area contributed by atoms with Crippen molar-refractivity contribution in [1.29, 1.82) is 0 Å². The molecule has 86 valence electrons. The number of epoxide rings is 1. The molecule has 0 radical (unpaired) electrons. The highest BCUT2D eigenvalue weighted by atomic mass is 16.6. The lowest BCUT2D eigenvalue weighted by molar-refractivity contribution is 0.273. The molecule has 0 saturated carbocycles. The summed E-state index contributed by atoms with van der Waals surface area (Å²) in [7, 11) is 1.69. The van der Waals surface area contributed by atoms with Gasteiger partial charge in [-0.3, -0.25) is 0 Å². The summed E-state index contributed by atoms with van der Waals surface area (Å²) < 4.78 is 10.7. The van der Waals surface area contributed by atoms with Gasteiger partial charge in [0.1, 0.15) is 11.9 Å². The summed E-state index contributed by atoms with van der Waals surface area (Å²) in [4.78, 5) is 0. The minimum atomic E-state index is 0.442. The first-order chi connectivity index (χ1) is 7.79. The number of methoxy groups -OCH3 is 1. The number of fused-ring (bicyclic) bond motifs is 1. The van der Waals surface area contributed by atoms with Gasteiger partial charge >= 0.3 is 0 Å². The number of hydrogen-bond acceptors (Lipinski definition) is 3. The number of ether oxygens (including phenoxy) is 2. The molecular formula is C13H17NO2. The molecule has 1 aromatic carbocycles. The van der Waals surface area contributed by atoms with Crippen LogP contribution in [0.3, 0.4) is 0 Å². The summed E-state index contributed by atoms with van der Waals surface area (Å²) in [6.45, 7) is 3.26.